The largest absolute Gasteiger partial charge is 0.493 e. The number of halogens is 1. The molecule has 118 valence electrons. The van der Waals surface area contributed by atoms with Gasteiger partial charge in [-0.05, 0) is 48.8 Å². The van der Waals surface area contributed by atoms with Gasteiger partial charge in [0.1, 0.15) is 0 Å². The van der Waals surface area contributed by atoms with Crippen LogP contribution < -0.4 is 14.8 Å². The summed E-state index contributed by atoms with van der Waals surface area (Å²) < 4.78 is 11.8. The van der Waals surface area contributed by atoms with Gasteiger partial charge in [-0.15, -0.1) is 0 Å². The Balaban J connectivity index is 2.02. The molecule has 2 unspecified atom stereocenters. The molecule has 2 atom stereocenters. The van der Waals surface area contributed by atoms with Crippen LogP contribution in [0.2, 0.25) is 0 Å². The van der Waals surface area contributed by atoms with Crippen molar-refractivity contribution in [1.82, 2.24) is 5.32 Å². The molecule has 0 bridgehead atoms. The molecule has 2 rings (SSSR count). The molecule has 21 heavy (non-hydrogen) atoms. The Bertz CT molecular complexity index is 468. The molecule has 1 aliphatic carbocycles. The van der Waals surface area contributed by atoms with Crippen LogP contribution in [0.5, 0.6) is 11.5 Å². The van der Waals surface area contributed by atoms with E-state index in [1.807, 2.05) is 12.1 Å². The third-order valence-electron chi connectivity index (χ3n) is 4.31. The van der Waals surface area contributed by atoms with Gasteiger partial charge in [-0.3, -0.25) is 0 Å². The van der Waals surface area contributed by atoms with Gasteiger partial charge in [-0.2, -0.15) is 0 Å². The number of ether oxygens (including phenoxy) is 2. The first kappa shape index (κ1) is 16.6. The molecule has 0 heterocycles. The summed E-state index contributed by atoms with van der Waals surface area (Å²) in [6.45, 7) is 5.57. The number of methoxy groups -OCH3 is 2. The molecule has 1 aromatic rings. The van der Waals surface area contributed by atoms with E-state index in [1.54, 1.807) is 14.2 Å². The van der Waals surface area contributed by atoms with Crippen LogP contribution in [0.1, 0.15) is 38.7 Å². The minimum absolute atomic E-state index is 0.615. The summed E-state index contributed by atoms with van der Waals surface area (Å²) in [4.78, 5) is 0. The topological polar surface area (TPSA) is 30.5 Å². The fraction of sp³-hybridized carbons (Fsp3) is 0.647. The molecule has 0 amide bonds. The lowest BCUT2D eigenvalue weighted by Crippen LogP contribution is -2.35. The second-order valence-corrected chi connectivity index (χ2v) is 7.15. The zero-order valence-corrected chi connectivity index (χ0v) is 15.0. The maximum Gasteiger partial charge on any atom is 0.161 e. The van der Waals surface area contributed by atoms with E-state index in [1.165, 1.54) is 24.8 Å². The molecule has 0 aliphatic heterocycles. The van der Waals surface area contributed by atoms with Gasteiger partial charge < -0.3 is 14.8 Å². The van der Waals surface area contributed by atoms with Crippen molar-refractivity contribution in [3.05, 3.63) is 22.2 Å². The maximum absolute atomic E-state index is 5.38. The van der Waals surface area contributed by atoms with Crippen LogP contribution in [-0.4, -0.2) is 20.3 Å². The van der Waals surface area contributed by atoms with Crippen LogP contribution in [0.15, 0.2) is 16.6 Å². The van der Waals surface area contributed by atoms with Crippen molar-refractivity contribution in [2.45, 2.75) is 45.7 Å². The predicted molar refractivity (Wildman–Crippen MR) is 90.1 cm³/mol. The Kier molecular flexibility index (Phi) is 5.94. The lowest BCUT2D eigenvalue weighted by atomic mass is 9.80. The molecular formula is C17H26BrNO2. The first-order valence-electron chi connectivity index (χ1n) is 7.67. The minimum atomic E-state index is 0.615. The van der Waals surface area contributed by atoms with E-state index in [9.17, 15) is 0 Å². The first-order valence-corrected chi connectivity index (χ1v) is 8.46. The highest BCUT2D eigenvalue weighted by molar-refractivity contribution is 9.10. The number of rotatable bonds is 5. The van der Waals surface area contributed by atoms with Crippen LogP contribution >= 0.6 is 15.9 Å². The van der Waals surface area contributed by atoms with E-state index in [4.69, 9.17) is 9.47 Å². The van der Waals surface area contributed by atoms with Gasteiger partial charge in [0.25, 0.3) is 0 Å². The fourth-order valence-electron chi connectivity index (χ4n) is 3.40. The van der Waals surface area contributed by atoms with Crippen LogP contribution in [0.4, 0.5) is 0 Å². The lowest BCUT2D eigenvalue weighted by molar-refractivity contribution is 0.238. The van der Waals surface area contributed by atoms with Gasteiger partial charge in [0, 0.05) is 17.1 Å². The molecule has 4 heteroatoms. The monoisotopic (exact) mass is 355 g/mol. The molecule has 0 radical (unpaired) electrons. The molecule has 1 fully saturated rings. The second-order valence-electron chi connectivity index (χ2n) is 6.29. The van der Waals surface area contributed by atoms with Crippen LogP contribution in [0.3, 0.4) is 0 Å². The standard InChI is InChI=1S/C17H26BrNO2/c1-11-5-12(2)7-14(6-11)19-10-13-8-16(20-3)17(21-4)9-15(13)18/h8-9,11-12,14,19H,5-7,10H2,1-4H3. The highest BCUT2D eigenvalue weighted by Gasteiger charge is 2.23. The van der Waals surface area contributed by atoms with Crippen LogP contribution in [-0.2, 0) is 6.54 Å². The van der Waals surface area contributed by atoms with E-state index in [-0.39, 0.29) is 0 Å². The zero-order chi connectivity index (χ0) is 15.4. The van der Waals surface area contributed by atoms with Crippen molar-refractivity contribution in [2.24, 2.45) is 11.8 Å². The Morgan fingerprint density at radius 3 is 2.19 bits per heavy atom. The average Bonchev–Trinajstić information content (AvgIpc) is 2.44. The van der Waals surface area contributed by atoms with Gasteiger partial charge in [-0.25, -0.2) is 0 Å². The third kappa shape index (κ3) is 4.36. The van der Waals surface area contributed by atoms with E-state index in [0.717, 1.165) is 34.4 Å². The van der Waals surface area contributed by atoms with Crippen LogP contribution in [0.25, 0.3) is 0 Å². The summed E-state index contributed by atoms with van der Waals surface area (Å²) in [6.07, 6.45) is 3.91. The third-order valence-corrected chi connectivity index (χ3v) is 5.05. The SMILES string of the molecule is COc1cc(Br)c(CNC2CC(C)CC(C)C2)cc1OC. The first-order chi connectivity index (χ1) is 10.0. The molecule has 3 nitrogen and oxygen atoms in total. The van der Waals surface area contributed by atoms with E-state index in [2.05, 4.69) is 35.1 Å². The van der Waals surface area contributed by atoms with Crippen molar-refractivity contribution in [2.75, 3.05) is 14.2 Å². The minimum Gasteiger partial charge on any atom is -0.493 e. The van der Waals surface area contributed by atoms with E-state index in [0.29, 0.717) is 6.04 Å². The zero-order valence-electron chi connectivity index (χ0n) is 13.4. The highest BCUT2D eigenvalue weighted by atomic mass is 79.9. The summed E-state index contributed by atoms with van der Waals surface area (Å²) in [7, 11) is 3.33. The van der Waals surface area contributed by atoms with Crippen molar-refractivity contribution >= 4 is 15.9 Å². The van der Waals surface area contributed by atoms with Crippen molar-refractivity contribution in [3.63, 3.8) is 0 Å². The average molecular weight is 356 g/mol. The molecular weight excluding hydrogens is 330 g/mol. The van der Waals surface area contributed by atoms with Gasteiger partial charge in [0.05, 0.1) is 14.2 Å². The van der Waals surface area contributed by atoms with Gasteiger partial charge in [-0.1, -0.05) is 29.8 Å². The molecule has 1 aliphatic rings. The molecule has 1 saturated carbocycles. The molecule has 0 aromatic heterocycles. The van der Waals surface area contributed by atoms with Gasteiger partial charge in [0.15, 0.2) is 11.5 Å². The number of nitrogens with one attached hydrogen (secondary N) is 1. The summed E-state index contributed by atoms with van der Waals surface area (Å²) in [5.74, 6) is 3.18. The van der Waals surface area contributed by atoms with Crippen molar-refractivity contribution in [1.29, 1.82) is 0 Å². The summed E-state index contributed by atoms with van der Waals surface area (Å²) in [5.41, 5.74) is 1.21. The summed E-state index contributed by atoms with van der Waals surface area (Å²) in [6, 6.07) is 4.64. The second kappa shape index (κ2) is 7.50. The number of hydrogen-bond acceptors (Lipinski definition) is 3. The van der Waals surface area contributed by atoms with Gasteiger partial charge >= 0.3 is 0 Å². The van der Waals surface area contributed by atoms with Crippen LogP contribution in [0, 0.1) is 11.8 Å². The van der Waals surface area contributed by atoms with Gasteiger partial charge in [0.2, 0.25) is 0 Å². The lowest BCUT2D eigenvalue weighted by Gasteiger charge is -2.32. The Morgan fingerprint density at radius 1 is 1.05 bits per heavy atom. The quantitative estimate of drug-likeness (QED) is 0.849. The smallest absolute Gasteiger partial charge is 0.161 e. The summed E-state index contributed by atoms with van der Waals surface area (Å²) >= 11 is 3.62. The number of benzene rings is 1. The maximum atomic E-state index is 5.38. The van der Waals surface area contributed by atoms with E-state index >= 15 is 0 Å². The highest BCUT2D eigenvalue weighted by Crippen LogP contribution is 2.34. The van der Waals surface area contributed by atoms with E-state index < -0.39 is 0 Å². The number of hydrogen-bond donors (Lipinski definition) is 1. The van der Waals surface area contributed by atoms with Crippen molar-refractivity contribution in [3.8, 4) is 11.5 Å². The summed E-state index contributed by atoms with van der Waals surface area (Å²) in [5, 5.41) is 3.70. The Hall–Kier alpha value is -0.740. The van der Waals surface area contributed by atoms with Crippen molar-refractivity contribution < 1.29 is 9.47 Å². The Labute approximate surface area is 136 Å². The molecule has 0 spiro atoms. The predicted octanol–water partition coefficient (Wildman–Crippen LogP) is 4.38. The molecule has 0 saturated heterocycles. The molecule has 1 aromatic carbocycles. The fourth-order valence-corrected chi connectivity index (χ4v) is 3.86. The Morgan fingerprint density at radius 2 is 1.62 bits per heavy atom. The normalized spacial score (nSPS) is 25.7. The molecule has 1 N–H and O–H groups in total.